The Labute approximate surface area is 164 Å². The minimum Gasteiger partial charge on any atom is -0.495 e. The first-order valence-electron chi connectivity index (χ1n) is 8.40. The molecule has 5 nitrogen and oxygen atoms in total. The Bertz CT molecular complexity index is 1150. The predicted molar refractivity (Wildman–Crippen MR) is 112 cm³/mol. The van der Waals surface area contributed by atoms with Crippen LogP contribution in [0.3, 0.4) is 0 Å². The summed E-state index contributed by atoms with van der Waals surface area (Å²) in [7, 11) is 1.58. The average Bonchev–Trinajstić information content (AvgIpc) is 3.25. The van der Waals surface area contributed by atoms with E-state index in [0.717, 1.165) is 30.9 Å². The Morgan fingerprint density at radius 1 is 1.19 bits per heavy atom. The molecule has 27 heavy (non-hydrogen) atoms. The third kappa shape index (κ3) is 3.48. The highest BCUT2D eigenvalue weighted by Gasteiger charge is 2.14. The number of methoxy groups -OCH3 is 1. The minimum atomic E-state index is -0.233. The molecule has 0 saturated heterocycles. The number of benzene rings is 2. The van der Waals surface area contributed by atoms with Crippen molar-refractivity contribution in [2.75, 3.05) is 19.0 Å². The topological polar surface area (TPSA) is 60.5 Å². The zero-order chi connectivity index (χ0) is 19.0. The van der Waals surface area contributed by atoms with Gasteiger partial charge in [0.05, 0.1) is 32.7 Å². The molecule has 0 unspecified atom stereocenters. The van der Waals surface area contributed by atoms with Crippen LogP contribution < -0.4 is 14.8 Å². The van der Waals surface area contributed by atoms with Crippen molar-refractivity contribution in [2.45, 2.75) is 13.8 Å². The van der Waals surface area contributed by atoms with Gasteiger partial charge in [0.2, 0.25) is 0 Å². The molecule has 0 bridgehead atoms. The SMILES string of the molecule is COc1ccc(C)cc1NC(=O)COc1cc2sc(C)nc2c2sccc12. The molecule has 1 N–H and O–H groups in total. The van der Waals surface area contributed by atoms with E-state index in [2.05, 4.69) is 10.3 Å². The maximum atomic E-state index is 12.4. The molecule has 0 radical (unpaired) electrons. The quantitative estimate of drug-likeness (QED) is 0.505. The first-order chi connectivity index (χ1) is 13.0. The van der Waals surface area contributed by atoms with Gasteiger partial charge in [-0.15, -0.1) is 22.7 Å². The van der Waals surface area contributed by atoms with Gasteiger partial charge in [0, 0.05) is 11.5 Å². The van der Waals surface area contributed by atoms with E-state index in [-0.39, 0.29) is 12.5 Å². The Balaban J connectivity index is 1.55. The number of hydrogen-bond donors (Lipinski definition) is 1. The van der Waals surface area contributed by atoms with E-state index in [4.69, 9.17) is 9.47 Å². The number of aromatic nitrogens is 1. The van der Waals surface area contributed by atoms with Crippen molar-refractivity contribution in [2.24, 2.45) is 0 Å². The molecule has 138 valence electrons. The summed E-state index contributed by atoms with van der Waals surface area (Å²) >= 11 is 3.26. The second-order valence-electron chi connectivity index (χ2n) is 6.16. The fourth-order valence-corrected chi connectivity index (χ4v) is 4.79. The molecular weight excluding hydrogens is 380 g/mol. The van der Waals surface area contributed by atoms with Gasteiger partial charge in [-0.25, -0.2) is 4.98 Å². The standard InChI is InChI=1S/C20H18N2O3S2/c1-11-4-5-15(24-3)14(8-11)22-18(23)10-25-16-9-17-19(21-12(2)27-17)20-13(16)6-7-26-20/h4-9H,10H2,1-3H3,(H,22,23). The Kier molecular flexibility index (Phi) is 4.72. The van der Waals surface area contributed by atoms with E-state index in [1.54, 1.807) is 29.8 Å². The summed E-state index contributed by atoms with van der Waals surface area (Å²) in [5.74, 6) is 1.09. The zero-order valence-corrected chi connectivity index (χ0v) is 16.8. The fraction of sp³-hybridized carbons (Fsp3) is 0.200. The van der Waals surface area contributed by atoms with Crippen LogP contribution in [-0.4, -0.2) is 24.6 Å². The van der Waals surface area contributed by atoms with E-state index in [1.807, 2.05) is 49.6 Å². The number of thiophene rings is 1. The number of carbonyl (C=O) groups excluding carboxylic acids is 1. The molecule has 2 heterocycles. The van der Waals surface area contributed by atoms with E-state index < -0.39 is 0 Å². The van der Waals surface area contributed by atoms with Gasteiger partial charge in [0.1, 0.15) is 11.5 Å². The number of carbonyl (C=O) groups is 1. The normalized spacial score (nSPS) is 11.1. The summed E-state index contributed by atoms with van der Waals surface area (Å²) in [6.07, 6.45) is 0. The van der Waals surface area contributed by atoms with E-state index in [9.17, 15) is 4.79 Å². The number of fused-ring (bicyclic) bond motifs is 3. The lowest BCUT2D eigenvalue weighted by atomic mass is 10.2. The number of nitrogens with one attached hydrogen (secondary N) is 1. The number of nitrogens with zero attached hydrogens (tertiary/aromatic N) is 1. The molecule has 0 atom stereocenters. The molecule has 2 aromatic carbocycles. The number of rotatable bonds is 5. The lowest BCUT2D eigenvalue weighted by Gasteiger charge is -2.12. The van der Waals surface area contributed by atoms with Gasteiger partial charge in [-0.05, 0) is 43.0 Å². The highest BCUT2D eigenvalue weighted by atomic mass is 32.1. The number of anilines is 1. The van der Waals surface area contributed by atoms with Crippen LogP contribution in [-0.2, 0) is 4.79 Å². The molecule has 0 saturated carbocycles. The van der Waals surface area contributed by atoms with Crippen molar-refractivity contribution in [1.29, 1.82) is 0 Å². The number of thiazole rings is 1. The number of ether oxygens (including phenoxy) is 2. The Morgan fingerprint density at radius 3 is 2.85 bits per heavy atom. The Hall–Kier alpha value is -2.64. The van der Waals surface area contributed by atoms with Crippen LogP contribution in [0.4, 0.5) is 5.69 Å². The monoisotopic (exact) mass is 398 g/mol. The van der Waals surface area contributed by atoms with Crippen LogP contribution in [0.1, 0.15) is 10.6 Å². The van der Waals surface area contributed by atoms with Crippen molar-refractivity contribution >= 4 is 54.6 Å². The summed E-state index contributed by atoms with van der Waals surface area (Å²) in [4.78, 5) is 17.0. The molecule has 2 aromatic heterocycles. The second-order valence-corrected chi connectivity index (χ2v) is 8.31. The highest BCUT2D eigenvalue weighted by Crippen LogP contribution is 2.38. The fourth-order valence-electron chi connectivity index (χ4n) is 2.96. The molecule has 1 amide bonds. The molecule has 0 aliphatic heterocycles. The van der Waals surface area contributed by atoms with Crippen molar-refractivity contribution < 1.29 is 14.3 Å². The molecule has 0 fully saturated rings. The van der Waals surface area contributed by atoms with Crippen LogP contribution >= 0.6 is 22.7 Å². The molecule has 0 aliphatic rings. The lowest BCUT2D eigenvalue weighted by Crippen LogP contribution is -2.20. The van der Waals surface area contributed by atoms with E-state index >= 15 is 0 Å². The van der Waals surface area contributed by atoms with Gasteiger partial charge < -0.3 is 14.8 Å². The van der Waals surface area contributed by atoms with Gasteiger partial charge in [0.25, 0.3) is 5.91 Å². The minimum absolute atomic E-state index is 0.0780. The smallest absolute Gasteiger partial charge is 0.262 e. The summed E-state index contributed by atoms with van der Waals surface area (Å²) in [5, 5.41) is 6.88. The maximum absolute atomic E-state index is 12.4. The first-order valence-corrected chi connectivity index (χ1v) is 10.1. The summed E-state index contributed by atoms with van der Waals surface area (Å²) < 4.78 is 13.3. The summed E-state index contributed by atoms with van der Waals surface area (Å²) in [6.45, 7) is 3.88. The van der Waals surface area contributed by atoms with E-state index in [1.165, 1.54) is 0 Å². The Morgan fingerprint density at radius 2 is 2.04 bits per heavy atom. The highest BCUT2D eigenvalue weighted by molar-refractivity contribution is 7.21. The summed E-state index contributed by atoms with van der Waals surface area (Å²) in [6, 6.07) is 9.62. The van der Waals surface area contributed by atoms with Crippen LogP contribution in [0.15, 0.2) is 35.7 Å². The maximum Gasteiger partial charge on any atom is 0.262 e. The third-order valence-corrected chi connectivity index (χ3v) is 6.00. The zero-order valence-electron chi connectivity index (χ0n) is 15.2. The average molecular weight is 399 g/mol. The van der Waals surface area contributed by atoms with Gasteiger partial charge in [-0.2, -0.15) is 0 Å². The van der Waals surface area contributed by atoms with Gasteiger partial charge in [-0.1, -0.05) is 6.07 Å². The van der Waals surface area contributed by atoms with Crippen molar-refractivity contribution in [1.82, 2.24) is 4.98 Å². The molecule has 7 heteroatoms. The van der Waals surface area contributed by atoms with Gasteiger partial charge in [0.15, 0.2) is 6.61 Å². The molecular formula is C20H18N2O3S2. The van der Waals surface area contributed by atoms with E-state index in [0.29, 0.717) is 17.2 Å². The van der Waals surface area contributed by atoms with Crippen LogP contribution in [0.25, 0.3) is 20.3 Å². The number of amides is 1. The van der Waals surface area contributed by atoms with Crippen molar-refractivity contribution in [3.8, 4) is 11.5 Å². The van der Waals surface area contributed by atoms with Crippen LogP contribution in [0.5, 0.6) is 11.5 Å². The predicted octanol–water partition coefficient (Wildman–Crippen LogP) is 5.15. The third-order valence-electron chi connectivity index (χ3n) is 4.16. The lowest BCUT2D eigenvalue weighted by molar-refractivity contribution is -0.118. The summed E-state index contributed by atoms with van der Waals surface area (Å²) in [5.41, 5.74) is 2.68. The van der Waals surface area contributed by atoms with Crippen LogP contribution in [0, 0.1) is 13.8 Å². The first kappa shape index (κ1) is 17.8. The van der Waals surface area contributed by atoms with Crippen LogP contribution in [0.2, 0.25) is 0 Å². The number of hydrogen-bond acceptors (Lipinski definition) is 6. The second kappa shape index (κ2) is 7.17. The van der Waals surface area contributed by atoms with Gasteiger partial charge in [-0.3, -0.25) is 4.79 Å². The molecule has 4 rings (SSSR count). The number of aryl methyl sites for hydroxylation is 2. The van der Waals surface area contributed by atoms with Gasteiger partial charge >= 0.3 is 0 Å². The molecule has 0 spiro atoms. The van der Waals surface area contributed by atoms with Crippen molar-refractivity contribution in [3.63, 3.8) is 0 Å². The molecule has 4 aromatic rings. The van der Waals surface area contributed by atoms with Crippen molar-refractivity contribution in [3.05, 3.63) is 46.3 Å². The molecule has 0 aliphatic carbocycles. The largest absolute Gasteiger partial charge is 0.495 e.